The maximum Gasteiger partial charge on any atom is 0.317 e. The molecule has 0 aromatic carbocycles. The Kier molecular flexibility index (Phi) is 5.07. The molecule has 9 heteroatoms. The first kappa shape index (κ1) is 16.5. The van der Waals surface area contributed by atoms with E-state index in [0.717, 1.165) is 0 Å². The smallest absolute Gasteiger partial charge is 0.317 e. The molecule has 21 heavy (non-hydrogen) atoms. The molecule has 2 heterocycles. The molecule has 2 fully saturated rings. The molecule has 8 nitrogen and oxygen atoms in total. The van der Waals surface area contributed by atoms with Crippen molar-refractivity contribution in [2.24, 2.45) is 0 Å². The predicted molar refractivity (Wildman–Crippen MR) is 78.1 cm³/mol. The molecular formula is C12H24N4O4S. The van der Waals surface area contributed by atoms with Gasteiger partial charge in [-0.2, -0.15) is 17.0 Å². The van der Waals surface area contributed by atoms with E-state index in [4.69, 9.17) is 4.74 Å². The van der Waals surface area contributed by atoms with E-state index in [9.17, 15) is 13.2 Å². The highest BCUT2D eigenvalue weighted by molar-refractivity contribution is 7.86. The Balaban J connectivity index is 1.99. The molecule has 2 aliphatic heterocycles. The van der Waals surface area contributed by atoms with E-state index < -0.39 is 10.2 Å². The molecule has 2 amide bonds. The zero-order valence-corrected chi connectivity index (χ0v) is 13.6. The molecule has 0 aromatic heterocycles. The van der Waals surface area contributed by atoms with Crippen LogP contribution in [0, 0.1) is 0 Å². The highest BCUT2D eigenvalue weighted by Crippen LogP contribution is 2.18. The minimum absolute atomic E-state index is 0.101. The van der Waals surface area contributed by atoms with Crippen LogP contribution in [0.1, 0.15) is 13.8 Å². The number of piperazine rings is 1. The molecule has 0 spiro atoms. The van der Waals surface area contributed by atoms with Crippen molar-refractivity contribution in [2.45, 2.75) is 26.1 Å². The summed E-state index contributed by atoms with van der Waals surface area (Å²) in [6, 6.07) is -0.166. The normalized spacial score (nSPS) is 29.4. The van der Waals surface area contributed by atoms with Crippen molar-refractivity contribution in [3.8, 4) is 0 Å². The van der Waals surface area contributed by atoms with Crippen LogP contribution in [0.15, 0.2) is 0 Å². The van der Waals surface area contributed by atoms with Gasteiger partial charge in [-0.15, -0.1) is 0 Å². The van der Waals surface area contributed by atoms with Crippen molar-refractivity contribution in [1.29, 1.82) is 0 Å². The summed E-state index contributed by atoms with van der Waals surface area (Å²) in [6.45, 7) is 5.99. The van der Waals surface area contributed by atoms with Gasteiger partial charge in [-0.05, 0) is 13.8 Å². The topological polar surface area (TPSA) is 82.2 Å². The third-order valence-electron chi connectivity index (χ3n) is 3.78. The summed E-state index contributed by atoms with van der Waals surface area (Å²) in [6.07, 6.45) is -0.202. The molecule has 2 saturated heterocycles. The van der Waals surface area contributed by atoms with Gasteiger partial charge in [-0.1, -0.05) is 0 Å². The lowest BCUT2D eigenvalue weighted by Crippen LogP contribution is -2.58. The van der Waals surface area contributed by atoms with Gasteiger partial charge in [-0.3, -0.25) is 0 Å². The lowest BCUT2D eigenvalue weighted by atomic mass is 10.3. The Morgan fingerprint density at radius 1 is 1.05 bits per heavy atom. The van der Waals surface area contributed by atoms with E-state index in [1.54, 1.807) is 11.9 Å². The van der Waals surface area contributed by atoms with Gasteiger partial charge < -0.3 is 15.0 Å². The average Bonchev–Trinajstić information content (AvgIpc) is 2.45. The summed E-state index contributed by atoms with van der Waals surface area (Å²) in [4.78, 5) is 13.2. The van der Waals surface area contributed by atoms with Crippen LogP contribution >= 0.6 is 0 Å². The minimum Gasteiger partial charge on any atom is -0.373 e. The first-order valence-electron chi connectivity index (χ1n) is 7.22. The van der Waals surface area contributed by atoms with E-state index in [0.29, 0.717) is 39.3 Å². The number of carbonyl (C=O) groups is 1. The van der Waals surface area contributed by atoms with Crippen molar-refractivity contribution >= 4 is 16.2 Å². The summed E-state index contributed by atoms with van der Waals surface area (Å²) in [5.41, 5.74) is 0. The fourth-order valence-electron chi connectivity index (χ4n) is 2.76. The van der Waals surface area contributed by atoms with Crippen LogP contribution in [-0.4, -0.2) is 86.5 Å². The van der Waals surface area contributed by atoms with Gasteiger partial charge >= 0.3 is 6.03 Å². The average molecular weight is 320 g/mol. The predicted octanol–water partition coefficient (Wildman–Crippen LogP) is -0.703. The second-order valence-electron chi connectivity index (χ2n) is 5.52. The lowest BCUT2D eigenvalue weighted by Gasteiger charge is -2.40. The number of morpholine rings is 1. The Bertz CT molecular complexity index is 466. The highest BCUT2D eigenvalue weighted by Gasteiger charge is 2.37. The number of rotatable bonds is 2. The number of hydrogen-bond donors (Lipinski definition) is 1. The molecule has 1 N–H and O–H groups in total. The van der Waals surface area contributed by atoms with Crippen LogP contribution in [0.2, 0.25) is 0 Å². The minimum atomic E-state index is -3.48. The third kappa shape index (κ3) is 3.65. The number of amides is 2. The van der Waals surface area contributed by atoms with Gasteiger partial charge in [0.05, 0.1) is 12.2 Å². The molecule has 2 atom stereocenters. The highest BCUT2D eigenvalue weighted by atomic mass is 32.2. The summed E-state index contributed by atoms with van der Waals surface area (Å²) in [7, 11) is -1.91. The van der Waals surface area contributed by atoms with Gasteiger partial charge in [0, 0.05) is 46.3 Å². The Hall–Kier alpha value is -0.900. The van der Waals surface area contributed by atoms with E-state index in [2.05, 4.69) is 5.32 Å². The first-order chi connectivity index (χ1) is 9.84. The van der Waals surface area contributed by atoms with Crippen LogP contribution < -0.4 is 5.32 Å². The molecular weight excluding hydrogens is 296 g/mol. The number of nitrogens with one attached hydrogen (secondary N) is 1. The molecule has 122 valence electrons. The summed E-state index contributed by atoms with van der Waals surface area (Å²) < 4.78 is 33.8. The van der Waals surface area contributed by atoms with Crippen LogP contribution in [-0.2, 0) is 14.9 Å². The second-order valence-corrected chi connectivity index (χ2v) is 7.45. The molecule has 0 saturated carbocycles. The van der Waals surface area contributed by atoms with Crippen molar-refractivity contribution in [3.63, 3.8) is 0 Å². The quantitative estimate of drug-likeness (QED) is 0.729. The Morgan fingerprint density at radius 2 is 1.57 bits per heavy atom. The fourth-order valence-corrected chi connectivity index (χ4v) is 4.51. The zero-order valence-electron chi connectivity index (χ0n) is 12.8. The van der Waals surface area contributed by atoms with Gasteiger partial charge in [-0.25, -0.2) is 4.79 Å². The number of ether oxygens (including phenoxy) is 1. The second kappa shape index (κ2) is 6.47. The van der Waals surface area contributed by atoms with Crippen LogP contribution in [0.25, 0.3) is 0 Å². The summed E-state index contributed by atoms with van der Waals surface area (Å²) in [5.74, 6) is 0. The summed E-state index contributed by atoms with van der Waals surface area (Å²) in [5, 5.41) is 2.56. The lowest BCUT2D eigenvalue weighted by molar-refractivity contribution is -0.0456. The monoisotopic (exact) mass is 320 g/mol. The maximum absolute atomic E-state index is 12.7. The van der Waals surface area contributed by atoms with E-state index in [1.807, 2.05) is 13.8 Å². The molecule has 2 aliphatic rings. The molecule has 2 rings (SSSR count). The standard InChI is InChI=1S/C12H24N4O4S/c1-10-8-16(9-11(2)20-10)21(18,19)15-6-4-14(5-7-15)12(17)13-3/h10-11H,4-9H2,1-3H3,(H,13,17)/t10-,11+. The number of urea groups is 1. The van der Waals surface area contributed by atoms with Crippen molar-refractivity contribution < 1.29 is 17.9 Å². The van der Waals surface area contributed by atoms with Crippen LogP contribution in [0.5, 0.6) is 0 Å². The Morgan fingerprint density at radius 3 is 2.05 bits per heavy atom. The van der Waals surface area contributed by atoms with Gasteiger partial charge in [0.1, 0.15) is 0 Å². The molecule has 0 aromatic rings. The molecule has 0 bridgehead atoms. The number of hydrogen-bond acceptors (Lipinski definition) is 4. The number of nitrogens with zero attached hydrogens (tertiary/aromatic N) is 3. The largest absolute Gasteiger partial charge is 0.373 e. The van der Waals surface area contributed by atoms with Crippen LogP contribution in [0.3, 0.4) is 0 Å². The van der Waals surface area contributed by atoms with Crippen molar-refractivity contribution in [2.75, 3.05) is 46.3 Å². The first-order valence-corrected chi connectivity index (χ1v) is 8.61. The summed E-state index contributed by atoms with van der Waals surface area (Å²) >= 11 is 0. The van der Waals surface area contributed by atoms with Crippen molar-refractivity contribution in [3.05, 3.63) is 0 Å². The Labute approximate surface area is 126 Å². The fraction of sp³-hybridized carbons (Fsp3) is 0.917. The van der Waals surface area contributed by atoms with Gasteiger partial charge in [0.2, 0.25) is 0 Å². The third-order valence-corrected chi connectivity index (χ3v) is 5.75. The van der Waals surface area contributed by atoms with E-state index in [-0.39, 0.29) is 18.2 Å². The van der Waals surface area contributed by atoms with Gasteiger partial charge in [0.15, 0.2) is 0 Å². The van der Waals surface area contributed by atoms with E-state index in [1.165, 1.54) is 8.61 Å². The van der Waals surface area contributed by atoms with Crippen LogP contribution in [0.4, 0.5) is 4.79 Å². The van der Waals surface area contributed by atoms with Crippen molar-refractivity contribution in [1.82, 2.24) is 18.8 Å². The molecule has 0 unspecified atom stereocenters. The zero-order chi connectivity index (χ0) is 15.6. The maximum atomic E-state index is 12.7. The van der Waals surface area contributed by atoms with Gasteiger partial charge in [0.25, 0.3) is 10.2 Å². The number of carbonyl (C=O) groups excluding carboxylic acids is 1. The molecule has 0 radical (unpaired) electrons. The SMILES string of the molecule is CNC(=O)N1CCN(S(=O)(=O)N2C[C@@H](C)O[C@@H](C)C2)CC1. The molecule has 0 aliphatic carbocycles. The van der Waals surface area contributed by atoms with E-state index >= 15 is 0 Å².